The summed E-state index contributed by atoms with van der Waals surface area (Å²) in [6.45, 7) is 1.81. The van der Waals surface area contributed by atoms with Gasteiger partial charge in [-0.25, -0.2) is 4.79 Å². The Bertz CT molecular complexity index is 1160. The molecule has 1 N–H and O–H groups in total. The second-order valence-corrected chi connectivity index (χ2v) is 8.01. The Labute approximate surface area is 193 Å². The number of esters is 1. The van der Waals surface area contributed by atoms with Gasteiger partial charge in [0.25, 0.3) is 0 Å². The maximum absolute atomic E-state index is 13.2. The smallest absolute Gasteiger partial charge is 0.342 e. The maximum Gasteiger partial charge on any atom is 0.342 e. The van der Waals surface area contributed by atoms with Crippen LogP contribution in [0.25, 0.3) is 16.7 Å². The Balaban J connectivity index is 1.71. The van der Waals surface area contributed by atoms with Crippen LogP contribution in [0.3, 0.4) is 0 Å². The summed E-state index contributed by atoms with van der Waals surface area (Å²) in [6, 6.07) is 24.5. The molecule has 3 aromatic rings. The number of ketones is 1. The van der Waals surface area contributed by atoms with Gasteiger partial charge in [0.2, 0.25) is 0 Å². The molecular weight excluding hydrogens is 416 g/mol. The molecule has 0 aromatic heterocycles. The zero-order valence-corrected chi connectivity index (χ0v) is 18.7. The minimum Gasteiger partial charge on any atom is -0.497 e. The average Bonchev–Trinajstić information content (AvgIpc) is 2.86. The van der Waals surface area contributed by atoms with Crippen LogP contribution in [0, 0.1) is 0 Å². The van der Waals surface area contributed by atoms with E-state index in [0.717, 1.165) is 16.7 Å². The molecule has 1 aliphatic carbocycles. The lowest BCUT2D eigenvalue weighted by Crippen LogP contribution is -2.46. The molecular formula is C28H26O5. The normalized spacial score (nSPS) is 20.2. The first-order valence-corrected chi connectivity index (χ1v) is 10.9. The summed E-state index contributed by atoms with van der Waals surface area (Å²) in [5, 5.41) is 11.6. The monoisotopic (exact) mass is 442 g/mol. The van der Waals surface area contributed by atoms with Crippen molar-refractivity contribution >= 4 is 17.3 Å². The number of methoxy groups -OCH3 is 1. The molecule has 2 atom stereocenters. The van der Waals surface area contributed by atoms with Crippen molar-refractivity contribution in [2.75, 3.05) is 13.7 Å². The Morgan fingerprint density at radius 1 is 0.939 bits per heavy atom. The van der Waals surface area contributed by atoms with Crippen LogP contribution in [0.1, 0.15) is 30.4 Å². The highest BCUT2D eigenvalue weighted by Gasteiger charge is 2.48. The highest BCUT2D eigenvalue weighted by atomic mass is 16.5. The molecule has 33 heavy (non-hydrogen) atoms. The Kier molecular flexibility index (Phi) is 6.43. The summed E-state index contributed by atoms with van der Waals surface area (Å²) in [5.41, 5.74) is 1.71. The van der Waals surface area contributed by atoms with Crippen LogP contribution in [0.2, 0.25) is 0 Å². The van der Waals surface area contributed by atoms with Gasteiger partial charge in [-0.1, -0.05) is 66.7 Å². The third-order valence-corrected chi connectivity index (χ3v) is 6.01. The van der Waals surface area contributed by atoms with Crippen LogP contribution in [0.5, 0.6) is 5.75 Å². The summed E-state index contributed by atoms with van der Waals surface area (Å²) in [5.74, 6) is -0.948. The number of aliphatic hydroxyl groups is 1. The average molecular weight is 443 g/mol. The molecule has 0 amide bonds. The number of hydrogen-bond donors (Lipinski definition) is 1. The molecule has 5 nitrogen and oxygen atoms in total. The predicted molar refractivity (Wildman–Crippen MR) is 127 cm³/mol. The van der Waals surface area contributed by atoms with Crippen molar-refractivity contribution in [3.05, 3.63) is 96.1 Å². The first-order valence-electron chi connectivity index (χ1n) is 10.9. The van der Waals surface area contributed by atoms with Gasteiger partial charge >= 0.3 is 5.97 Å². The van der Waals surface area contributed by atoms with E-state index in [4.69, 9.17) is 9.47 Å². The van der Waals surface area contributed by atoms with Crippen molar-refractivity contribution in [3.63, 3.8) is 0 Å². The van der Waals surface area contributed by atoms with Gasteiger partial charge in [-0.2, -0.15) is 0 Å². The lowest BCUT2D eigenvalue weighted by atomic mass is 9.72. The van der Waals surface area contributed by atoms with E-state index < -0.39 is 17.5 Å². The SMILES string of the molecule is CCOC(=O)[C@]1(O)C[C@H](c2ccc(-c3ccccc3)cc2)C(=O)C=C1c1ccc(OC)cc1. The van der Waals surface area contributed by atoms with Crippen LogP contribution in [-0.2, 0) is 14.3 Å². The van der Waals surface area contributed by atoms with Crippen molar-refractivity contribution in [3.8, 4) is 16.9 Å². The van der Waals surface area contributed by atoms with E-state index in [1.54, 1.807) is 38.3 Å². The number of allylic oxidation sites excluding steroid dienone is 1. The van der Waals surface area contributed by atoms with Crippen molar-refractivity contribution in [2.45, 2.75) is 24.9 Å². The molecule has 0 aliphatic heterocycles. The summed E-state index contributed by atoms with van der Waals surface area (Å²) in [7, 11) is 1.56. The third kappa shape index (κ3) is 4.45. The molecule has 0 spiro atoms. The quantitative estimate of drug-likeness (QED) is 0.556. The van der Waals surface area contributed by atoms with Crippen molar-refractivity contribution in [1.82, 2.24) is 0 Å². The number of ether oxygens (including phenoxy) is 2. The molecule has 168 valence electrons. The van der Waals surface area contributed by atoms with E-state index in [0.29, 0.717) is 11.3 Å². The third-order valence-electron chi connectivity index (χ3n) is 6.01. The van der Waals surface area contributed by atoms with Gasteiger partial charge < -0.3 is 14.6 Å². The fraction of sp³-hybridized carbons (Fsp3) is 0.214. The van der Waals surface area contributed by atoms with Gasteiger partial charge in [-0.15, -0.1) is 0 Å². The molecule has 5 heteroatoms. The van der Waals surface area contributed by atoms with Gasteiger partial charge in [0, 0.05) is 12.0 Å². The fourth-order valence-corrected chi connectivity index (χ4v) is 4.23. The van der Waals surface area contributed by atoms with Gasteiger partial charge in [0.1, 0.15) is 5.75 Å². The number of benzene rings is 3. The molecule has 0 bridgehead atoms. The zero-order chi connectivity index (χ0) is 23.4. The summed E-state index contributed by atoms with van der Waals surface area (Å²) >= 11 is 0. The van der Waals surface area contributed by atoms with Crippen LogP contribution in [0.4, 0.5) is 0 Å². The molecule has 0 saturated carbocycles. The second kappa shape index (κ2) is 9.43. The Morgan fingerprint density at radius 3 is 2.15 bits per heavy atom. The van der Waals surface area contributed by atoms with Gasteiger partial charge in [0.05, 0.1) is 19.6 Å². The number of hydrogen-bond acceptors (Lipinski definition) is 5. The predicted octanol–water partition coefficient (Wildman–Crippen LogP) is 4.80. The van der Waals surface area contributed by atoms with E-state index in [-0.39, 0.29) is 24.4 Å². The Hall–Kier alpha value is -3.70. The number of carbonyl (C=O) groups is 2. The van der Waals surface area contributed by atoms with Crippen LogP contribution >= 0.6 is 0 Å². The van der Waals surface area contributed by atoms with E-state index in [9.17, 15) is 14.7 Å². The molecule has 0 fully saturated rings. The van der Waals surface area contributed by atoms with E-state index >= 15 is 0 Å². The molecule has 0 radical (unpaired) electrons. The van der Waals surface area contributed by atoms with Crippen molar-refractivity contribution in [1.29, 1.82) is 0 Å². The fourth-order valence-electron chi connectivity index (χ4n) is 4.23. The molecule has 0 saturated heterocycles. The molecule has 0 unspecified atom stereocenters. The maximum atomic E-state index is 13.2. The minimum absolute atomic E-state index is 0.0901. The lowest BCUT2D eigenvalue weighted by Gasteiger charge is -2.35. The van der Waals surface area contributed by atoms with Gasteiger partial charge in [0.15, 0.2) is 11.4 Å². The van der Waals surface area contributed by atoms with Crippen molar-refractivity contribution < 1.29 is 24.2 Å². The van der Waals surface area contributed by atoms with E-state index in [1.165, 1.54) is 6.08 Å². The lowest BCUT2D eigenvalue weighted by molar-refractivity contribution is -0.160. The topological polar surface area (TPSA) is 72.8 Å². The summed E-state index contributed by atoms with van der Waals surface area (Å²) in [4.78, 5) is 26.1. The summed E-state index contributed by atoms with van der Waals surface area (Å²) < 4.78 is 10.4. The molecule has 4 rings (SSSR count). The summed E-state index contributed by atoms with van der Waals surface area (Å²) in [6.07, 6.45) is 1.28. The van der Waals surface area contributed by atoms with E-state index in [1.807, 2.05) is 54.6 Å². The zero-order valence-electron chi connectivity index (χ0n) is 18.7. The molecule has 3 aromatic carbocycles. The standard InChI is InChI=1S/C28H26O5/c1-3-33-27(30)28(31)18-24(21-11-9-20(10-12-21)19-7-5-4-6-8-19)26(29)17-25(28)22-13-15-23(32-2)16-14-22/h4-17,24,31H,3,18H2,1-2H3/t24-,28+/m1/s1. The highest BCUT2D eigenvalue weighted by Crippen LogP contribution is 2.42. The number of rotatable bonds is 6. The van der Waals surface area contributed by atoms with Crippen LogP contribution < -0.4 is 4.74 Å². The number of carbonyl (C=O) groups excluding carboxylic acids is 2. The van der Waals surface area contributed by atoms with Gasteiger partial charge in [-0.3, -0.25) is 4.79 Å². The van der Waals surface area contributed by atoms with Crippen LogP contribution in [-0.4, -0.2) is 36.2 Å². The first-order chi connectivity index (χ1) is 16.0. The van der Waals surface area contributed by atoms with Crippen molar-refractivity contribution in [2.24, 2.45) is 0 Å². The largest absolute Gasteiger partial charge is 0.497 e. The highest BCUT2D eigenvalue weighted by molar-refractivity contribution is 6.10. The molecule has 0 heterocycles. The first kappa shape index (κ1) is 22.5. The minimum atomic E-state index is -1.94. The Morgan fingerprint density at radius 2 is 1.55 bits per heavy atom. The second-order valence-electron chi connectivity index (χ2n) is 8.01. The van der Waals surface area contributed by atoms with E-state index in [2.05, 4.69) is 0 Å². The van der Waals surface area contributed by atoms with Gasteiger partial charge in [-0.05, 0) is 47.4 Å². The molecule has 1 aliphatic rings. The van der Waals surface area contributed by atoms with Crippen LogP contribution in [0.15, 0.2) is 84.9 Å².